The average Bonchev–Trinajstić information content (AvgIpc) is 2.71. The van der Waals surface area contributed by atoms with E-state index in [2.05, 4.69) is 20.3 Å². The summed E-state index contributed by atoms with van der Waals surface area (Å²) < 4.78 is 4.91. The van der Waals surface area contributed by atoms with Crippen molar-refractivity contribution in [1.82, 2.24) is 20.3 Å². The fraction of sp³-hybridized carbons (Fsp3) is 0.238. The maximum absolute atomic E-state index is 11.7. The molecule has 3 aromatic rings. The third-order valence-electron chi connectivity index (χ3n) is 4.10. The molecule has 138 valence electrons. The number of aryl methyl sites for hydroxylation is 1. The van der Waals surface area contributed by atoms with Crippen LogP contribution in [0.4, 0.5) is 0 Å². The van der Waals surface area contributed by atoms with Gasteiger partial charge >= 0.3 is 0 Å². The second kappa shape index (κ2) is 9.00. The van der Waals surface area contributed by atoms with Crippen molar-refractivity contribution in [3.05, 3.63) is 66.2 Å². The van der Waals surface area contributed by atoms with Gasteiger partial charge in [-0.15, -0.1) is 0 Å². The van der Waals surface area contributed by atoms with Gasteiger partial charge in [-0.25, -0.2) is 9.97 Å². The molecular weight excluding hydrogens is 340 g/mol. The Morgan fingerprint density at radius 3 is 2.63 bits per heavy atom. The topological polar surface area (TPSA) is 77.0 Å². The van der Waals surface area contributed by atoms with Gasteiger partial charge in [-0.3, -0.25) is 9.78 Å². The lowest BCUT2D eigenvalue weighted by atomic mass is 10.0. The first-order chi connectivity index (χ1) is 13.2. The van der Waals surface area contributed by atoms with E-state index in [0.717, 1.165) is 28.1 Å². The molecule has 0 radical (unpaired) electrons. The van der Waals surface area contributed by atoms with Gasteiger partial charge in [0.1, 0.15) is 5.82 Å². The van der Waals surface area contributed by atoms with Crippen molar-refractivity contribution in [2.75, 3.05) is 13.7 Å². The Kier molecular flexibility index (Phi) is 6.22. The second-order valence-electron chi connectivity index (χ2n) is 6.11. The Morgan fingerprint density at radius 1 is 1.11 bits per heavy atom. The fourth-order valence-corrected chi connectivity index (χ4v) is 2.66. The maximum Gasteiger partial charge on any atom is 0.222 e. The van der Waals surface area contributed by atoms with Gasteiger partial charge in [0.05, 0.1) is 18.0 Å². The Morgan fingerprint density at radius 2 is 1.93 bits per heavy atom. The van der Waals surface area contributed by atoms with Crippen LogP contribution in [0.5, 0.6) is 0 Å². The SMILES string of the molecule is COCCC(=O)NCc1ccc(-c2nc(C)ncc2-c2ccccn2)cc1. The van der Waals surface area contributed by atoms with Crippen LogP contribution in [0.1, 0.15) is 17.8 Å². The van der Waals surface area contributed by atoms with Crippen LogP contribution in [0, 0.1) is 6.92 Å². The van der Waals surface area contributed by atoms with Crippen LogP contribution in [0.15, 0.2) is 54.9 Å². The molecule has 0 aliphatic heterocycles. The zero-order chi connectivity index (χ0) is 19.1. The number of ether oxygens (including phenoxy) is 1. The molecule has 6 nitrogen and oxygen atoms in total. The van der Waals surface area contributed by atoms with Crippen molar-refractivity contribution < 1.29 is 9.53 Å². The third-order valence-corrected chi connectivity index (χ3v) is 4.10. The number of rotatable bonds is 7. The van der Waals surface area contributed by atoms with Crippen LogP contribution in [-0.2, 0) is 16.1 Å². The lowest BCUT2D eigenvalue weighted by molar-refractivity contribution is -0.122. The summed E-state index contributed by atoms with van der Waals surface area (Å²) in [5.74, 6) is 0.684. The number of carbonyl (C=O) groups is 1. The quantitative estimate of drug-likeness (QED) is 0.699. The second-order valence-corrected chi connectivity index (χ2v) is 6.11. The number of nitrogens with one attached hydrogen (secondary N) is 1. The Hall–Kier alpha value is -3.12. The highest BCUT2D eigenvalue weighted by molar-refractivity contribution is 5.78. The number of hydrogen-bond donors (Lipinski definition) is 1. The fourth-order valence-electron chi connectivity index (χ4n) is 2.66. The average molecular weight is 362 g/mol. The number of benzene rings is 1. The van der Waals surface area contributed by atoms with Crippen molar-refractivity contribution in [2.45, 2.75) is 19.9 Å². The highest BCUT2D eigenvalue weighted by atomic mass is 16.5. The van der Waals surface area contributed by atoms with Crippen LogP contribution >= 0.6 is 0 Å². The summed E-state index contributed by atoms with van der Waals surface area (Å²) >= 11 is 0. The van der Waals surface area contributed by atoms with E-state index >= 15 is 0 Å². The number of hydrogen-bond acceptors (Lipinski definition) is 5. The molecule has 0 atom stereocenters. The van der Waals surface area contributed by atoms with Crippen LogP contribution in [0.25, 0.3) is 22.5 Å². The van der Waals surface area contributed by atoms with Crippen LogP contribution in [-0.4, -0.2) is 34.6 Å². The first-order valence-corrected chi connectivity index (χ1v) is 8.77. The Balaban J connectivity index is 1.79. The molecule has 0 aliphatic rings. The van der Waals surface area contributed by atoms with Crippen molar-refractivity contribution in [3.8, 4) is 22.5 Å². The first-order valence-electron chi connectivity index (χ1n) is 8.77. The van der Waals surface area contributed by atoms with Gasteiger partial charge < -0.3 is 10.1 Å². The van der Waals surface area contributed by atoms with Crippen LogP contribution < -0.4 is 5.32 Å². The van der Waals surface area contributed by atoms with Crippen molar-refractivity contribution >= 4 is 5.91 Å². The molecule has 3 rings (SSSR count). The molecule has 2 aromatic heterocycles. The zero-order valence-corrected chi connectivity index (χ0v) is 15.5. The summed E-state index contributed by atoms with van der Waals surface area (Å²) in [6.45, 7) is 2.78. The van der Waals surface area contributed by atoms with E-state index in [9.17, 15) is 4.79 Å². The Labute approximate surface area is 158 Å². The Bertz CT molecular complexity index is 896. The minimum Gasteiger partial charge on any atom is -0.384 e. The molecule has 0 saturated carbocycles. The largest absolute Gasteiger partial charge is 0.384 e. The summed E-state index contributed by atoms with van der Waals surface area (Å²) in [6.07, 6.45) is 3.93. The number of nitrogens with zero attached hydrogens (tertiary/aromatic N) is 3. The van der Waals surface area contributed by atoms with E-state index < -0.39 is 0 Å². The first kappa shape index (κ1) is 18.7. The number of methoxy groups -OCH3 is 1. The normalized spacial score (nSPS) is 10.6. The van der Waals surface area contributed by atoms with E-state index in [4.69, 9.17) is 4.74 Å². The number of aromatic nitrogens is 3. The van der Waals surface area contributed by atoms with E-state index in [1.807, 2.05) is 55.6 Å². The van der Waals surface area contributed by atoms with Crippen molar-refractivity contribution in [1.29, 1.82) is 0 Å². The maximum atomic E-state index is 11.7. The minimum absolute atomic E-state index is 0.0233. The minimum atomic E-state index is -0.0233. The van der Waals surface area contributed by atoms with Gasteiger partial charge in [-0.2, -0.15) is 0 Å². The summed E-state index contributed by atoms with van der Waals surface area (Å²) in [4.78, 5) is 25.1. The summed E-state index contributed by atoms with van der Waals surface area (Å²) in [5, 5.41) is 2.88. The monoisotopic (exact) mass is 362 g/mol. The zero-order valence-electron chi connectivity index (χ0n) is 15.5. The van der Waals surface area contributed by atoms with E-state index in [1.54, 1.807) is 13.3 Å². The molecule has 0 spiro atoms. The smallest absolute Gasteiger partial charge is 0.222 e. The van der Waals surface area contributed by atoms with Gasteiger partial charge in [-0.05, 0) is 24.6 Å². The molecule has 1 N–H and O–H groups in total. The highest BCUT2D eigenvalue weighted by Crippen LogP contribution is 2.28. The molecule has 0 aliphatic carbocycles. The molecule has 0 bridgehead atoms. The van der Waals surface area contributed by atoms with Crippen molar-refractivity contribution in [2.24, 2.45) is 0 Å². The molecule has 0 saturated heterocycles. The molecule has 1 aromatic carbocycles. The van der Waals surface area contributed by atoms with E-state index in [0.29, 0.717) is 25.4 Å². The van der Waals surface area contributed by atoms with Gasteiger partial charge in [-0.1, -0.05) is 30.3 Å². The van der Waals surface area contributed by atoms with Gasteiger partial charge in [0.15, 0.2) is 0 Å². The lowest BCUT2D eigenvalue weighted by Gasteiger charge is -2.10. The van der Waals surface area contributed by atoms with Gasteiger partial charge in [0.2, 0.25) is 5.91 Å². The molecule has 27 heavy (non-hydrogen) atoms. The summed E-state index contributed by atoms with van der Waals surface area (Å²) in [5.41, 5.74) is 4.57. The van der Waals surface area contributed by atoms with Crippen molar-refractivity contribution in [3.63, 3.8) is 0 Å². The molecule has 0 fully saturated rings. The lowest BCUT2D eigenvalue weighted by Crippen LogP contribution is -2.23. The third kappa shape index (κ3) is 4.95. The predicted octanol–water partition coefficient (Wildman–Crippen LogP) is 3.17. The van der Waals surface area contributed by atoms with Crippen LogP contribution in [0.3, 0.4) is 0 Å². The summed E-state index contributed by atoms with van der Waals surface area (Å²) in [6, 6.07) is 13.8. The van der Waals surface area contributed by atoms with Gasteiger partial charge in [0.25, 0.3) is 0 Å². The molecule has 1 amide bonds. The standard InChI is InChI=1S/C21H22N4O2/c1-15-23-14-18(19-5-3-4-11-22-19)21(25-15)17-8-6-16(7-9-17)13-24-20(26)10-12-27-2/h3-9,11,14H,10,12-13H2,1-2H3,(H,24,26). The molecular formula is C21H22N4O2. The number of carbonyl (C=O) groups excluding carboxylic acids is 1. The predicted molar refractivity (Wildman–Crippen MR) is 104 cm³/mol. The molecule has 2 heterocycles. The summed E-state index contributed by atoms with van der Waals surface area (Å²) in [7, 11) is 1.58. The highest BCUT2D eigenvalue weighted by Gasteiger charge is 2.11. The van der Waals surface area contributed by atoms with E-state index in [1.165, 1.54) is 0 Å². The number of amides is 1. The number of pyridine rings is 1. The molecule has 0 unspecified atom stereocenters. The van der Waals surface area contributed by atoms with Crippen LogP contribution in [0.2, 0.25) is 0 Å². The molecule has 6 heteroatoms. The van der Waals surface area contributed by atoms with E-state index in [-0.39, 0.29) is 5.91 Å². The van der Waals surface area contributed by atoms with Gasteiger partial charge in [0, 0.05) is 43.6 Å².